The van der Waals surface area contributed by atoms with E-state index in [9.17, 15) is 32.0 Å². The molecule has 1 unspecified atom stereocenters. The van der Waals surface area contributed by atoms with Gasteiger partial charge in [0, 0.05) is 59.5 Å². The molecule has 0 spiro atoms. The number of nitrogens with one attached hydrogen (secondary N) is 5. The van der Waals surface area contributed by atoms with E-state index in [1.807, 2.05) is 27.7 Å². The average Bonchev–Trinajstić information content (AvgIpc) is 3.51. The maximum Gasteiger partial charge on any atom is 0.264 e. The van der Waals surface area contributed by atoms with Gasteiger partial charge in [0.15, 0.2) is 0 Å². The Kier molecular flexibility index (Phi) is 14.5. The normalized spacial score (nSPS) is 17.5. The molecule has 4 heterocycles. The monoisotopic (exact) mass is 975 g/mol. The van der Waals surface area contributed by atoms with Gasteiger partial charge < -0.3 is 25.6 Å². The Hall–Kier alpha value is -6.12. The Morgan fingerprint density at radius 1 is 0.826 bits per heavy atom. The van der Waals surface area contributed by atoms with Crippen molar-refractivity contribution in [3.05, 3.63) is 94.4 Å². The summed E-state index contributed by atoms with van der Waals surface area (Å²) in [4.78, 5) is 63.1. The van der Waals surface area contributed by atoms with Crippen molar-refractivity contribution in [2.45, 2.75) is 122 Å². The van der Waals surface area contributed by atoms with E-state index < -0.39 is 73.0 Å². The molecule has 370 valence electrons. The zero-order valence-electron chi connectivity index (χ0n) is 40.1. The summed E-state index contributed by atoms with van der Waals surface area (Å²) in [5.41, 5.74) is 0.630. The number of fused-ring (bicyclic) bond motifs is 1. The molecule has 0 radical (unpaired) electrons. The van der Waals surface area contributed by atoms with E-state index in [0.29, 0.717) is 68.1 Å². The van der Waals surface area contributed by atoms with E-state index in [1.165, 1.54) is 51.2 Å². The maximum absolute atomic E-state index is 15.7. The van der Waals surface area contributed by atoms with Crippen molar-refractivity contribution in [2.75, 3.05) is 46.9 Å². The number of amides is 4. The molecular formula is C49H60F3N9O7S. The minimum absolute atomic E-state index is 0.0320. The number of aryl methyl sites for hydroxylation is 1. The highest BCUT2D eigenvalue weighted by atomic mass is 32.2. The summed E-state index contributed by atoms with van der Waals surface area (Å²) >= 11 is 0. The highest BCUT2D eigenvalue weighted by molar-refractivity contribution is 7.94. The van der Waals surface area contributed by atoms with Crippen LogP contribution in [0.15, 0.2) is 54.7 Å². The number of imide groups is 2. The van der Waals surface area contributed by atoms with Crippen LogP contribution in [0.2, 0.25) is 0 Å². The van der Waals surface area contributed by atoms with Gasteiger partial charge in [-0.3, -0.25) is 34.1 Å². The molecule has 16 nitrogen and oxygen atoms in total. The number of carbonyl (C=O) groups excluding carboxylic acids is 4. The van der Waals surface area contributed by atoms with E-state index in [0.717, 1.165) is 17.5 Å². The lowest BCUT2D eigenvalue weighted by Gasteiger charge is -2.35. The van der Waals surface area contributed by atoms with Crippen LogP contribution in [-0.2, 0) is 24.3 Å². The van der Waals surface area contributed by atoms with E-state index in [1.54, 1.807) is 25.1 Å². The summed E-state index contributed by atoms with van der Waals surface area (Å²) in [6.45, 7) is 16.6. The predicted molar refractivity (Wildman–Crippen MR) is 257 cm³/mol. The molecule has 2 saturated heterocycles. The minimum atomic E-state index is -3.91. The lowest BCUT2D eigenvalue weighted by molar-refractivity contribution is -0.136. The molecule has 3 aromatic carbocycles. The zero-order valence-corrected chi connectivity index (χ0v) is 40.9. The molecule has 7 rings (SSSR count). The lowest BCUT2D eigenvalue weighted by atomic mass is 9.88. The zero-order chi connectivity index (χ0) is 50.2. The Morgan fingerprint density at radius 3 is 2.19 bits per heavy atom. The molecule has 1 atom stereocenters. The van der Waals surface area contributed by atoms with Gasteiger partial charge in [-0.25, -0.2) is 26.6 Å². The van der Waals surface area contributed by atoms with Crippen molar-refractivity contribution < 1.29 is 45.5 Å². The van der Waals surface area contributed by atoms with Crippen LogP contribution in [0, 0.1) is 24.4 Å². The number of hydrogen-bond acceptors (Lipinski definition) is 13. The number of nitrogens with zero attached hydrogens (tertiary/aromatic N) is 4. The number of likely N-dealkylation sites (tertiary alicyclic amines) is 1. The summed E-state index contributed by atoms with van der Waals surface area (Å²) in [5, 5.41) is 11.5. The maximum atomic E-state index is 15.7. The van der Waals surface area contributed by atoms with Gasteiger partial charge >= 0.3 is 0 Å². The van der Waals surface area contributed by atoms with Gasteiger partial charge in [-0.2, -0.15) is 4.98 Å². The second kappa shape index (κ2) is 19.7. The quantitative estimate of drug-likeness (QED) is 0.0633. The first-order valence-electron chi connectivity index (χ1n) is 23.0. The topological polar surface area (TPSA) is 204 Å². The number of aromatic nitrogens is 2. The van der Waals surface area contributed by atoms with Crippen molar-refractivity contribution >= 4 is 68.2 Å². The van der Waals surface area contributed by atoms with Gasteiger partial charge in [0.2, 0.25) is 27.8 Å². The Labute approximate surface area is 400 Å². The second-order valence-corrected chi connectivity index (χ2v) is 22.6. The fourth-order valence-electron chi connectivity index (χ4n) is 8.49. The van der Waals surface area contributed by atoms with Crippen molar-refractivity contribution in [3.8, 4) is 0 Å². The Balaban J connectivity index is 0.883. The molecule has 0 aliphatic carbocycles. The van der Waals surface area contributed by atoms with Crippen LogP contribution in [-0.4, -0.2) is 100.0 Å². The van der Waals surface area contributed by atoms with Gasteiger partial charge in [0.25, 0.3) is 11.8 Å². The molecule has 20 heteroatoms. The van der Waals surface area contributed by atoms with Gasteiger partial charge in [-0.15, -0.1) is 0 Å². The van der Waals surface area contributed by atoms with Crippen LogP contribution in [0.3, 0.4) is 0 Å². The lowest BCUT2D eigenvalue weighted by Crippen LogP contribution is -2.54. The van der Waals surface area contributed by atoms with E-state index >= 15 is 8.78 Å². The highest BCUT2D eigenvalue weighted by Gasteiger charge is 2.46. The number of halogens is 3. The molecular weight excluding hydrogens is 916 g/mol. The van der Waals surface area contributed by atoms with Crippen LogP contribution < -0.4 is 26.0 Å². The van der Waals surface area contributed by atoms with Crippen molar-refractivity contribution in [3.63, 3.8) is 0 Å². The number of anilines is 6. The molecule has 1 aromatic heterocycles. The minimum Gasteiger partial charge on any atom is -0.379 e. The van der Waals surface area contributed by atoms with E-state index in [4.69, 9.17) is 4.74 Å². The smallest absolute Gasteiger partial charge is 0.264 e. The summed E-state index contributed by atoms with van der Waals surface area (Å²) in [5.74, 6) is -4.37. The SMILES string of the molecule is Cc1cnc(Nc2cc(F)c(C3CCN(CCC(C)(C)OCCC(C)(C)Nc4cccc5c4C(=O)N(C4CCC(=O)NC4=O)C5=O)CC3)c(F)c2)nc1Nc1ccc(F)c(NS(=O)(=O)C(C)(C)C)c1. The molecule has 0 saturated carbocycles. The first-order chi connectivity index (χ1) is 32.3. The Morgan fingerprint density at radius 2 is 1.52 bits per heavy atom. The number of sulfonamides is 1. The molecule has 2 fully saturated rings. The number of benzene rings is 3. The van der Waals surface area contributed by atoms with E-state index in [2.05, 4.69) is 40.9 Å². The first-order valence-corrected chi connectivity index (χ1v) is 24.5. The van der Waals surface area contributed by atoms with Crippen molar-refractivity contribution in [1.29, 1.82) is 0 Å². The molecule has 0 bridgehead atoms. The standard InChI is InChI=1S/C49H60F3N9O7S/c1-28-27-53-46(57-42(28)54-30-12-13-33(50)37(26-30)59-69(66,67)47(2,3)4)55-31-24-34(51)40(35(52)25-31)29-16-20-60(21-17-29)22-18-49(7,8)68-23-19-48(5,6)58-36-11-9-10-32-41(36)45(65)61(44(32)64)38-14-15-39(62)56-43(38)63/h9-13,24-27,29,38,58-59H,14-23H2,1-8H3,(H,56,62,63)(H2,53,54,55,57). The van der Waals surface area contributed by atoms with E-state index in [-0.39, 0.29) is 52.8 Å². The van der Waals surface area contributed by atoms with Crippen LogP contribution in [0.5, 0.6) is 0 Å². The van der Waals surface area contributed by atoms with Gasteiger partial charge in [-0.05, 0) is 149 Å². The molecule has 4 amide bonds. The predicted octanol–water partition coefficient (Wildman–Crippen LogP) is 8.28. The summed E-state index contributed by atoms with van der Waals surface area (Å²) in [6, 6.07) is 10.2. The molecule has 4 aromatic rings. The average molecular weight is 976 g/mol. The third-order valence-corrected chi connectivity index (χ3v) is 14.9. The van der Waals surface area contributed by atoms with Gasteiger partial charge in [-0.1, -0.05) is 6.07 Å². The third-order valence-electron chi connectivity index (χ3n) is 12.8. The fraction of sp³-hybridized carbons (Fsp3) is 0.469. The summed E-state index contributed by atoms with van der Waals surface area (Å²) in [6.07, 6.45) is 3.98. The largest absolute Gasteiger partial charge is 0.379 e. The number of rotatable bonds is 17. The molecule has 3 aliphatic rings. The number of ether oxygens (including phenoxy) is 1. The molecule has 3 aliphatic heterocycles. The van der Waals surface area contributed by atoms with Crippen molar-refractivity contribution in [2.24, 2.45) is 0 Å². The van der Waals surface area contributed by atoms with Crippen LogP contribution in [0.1, 0.15) is 125 Å². The number of carbonyl (C=O) groups is 4. The van der Waals surface area contributed by atoms with Gasteiger partial charge in [0.05, 0.1) is 27.2 Å². The first kappa shape index (κ1) is 50.7. The van der Waals surface area contributed by atoms with Crippen molar-refractivity contribution in [1.82, 2.24) is 25.1 Å². The highest BCUT2D eigenvalue weighted by Crippen LogP contribution is 2.37. The van der Waals surface area contributed by atoms with Crippen LogP contribution >= 0.6 is 0 Å². The summed E-state index contributed by atoms with van der Waals surface area (Å²) < 4.78 is 78.9. The fourth-order valence-corrected chi connectivity index (χ4v) is 9.25. The van der Waals surface area contributed by atoms with Crippen LogP contribution in [0.4, 0.5) is 47.7 Å². The second-order valence-electron chi connectivity index (χ2n) is 20.1. The number of piperidine rings is 2. The third kappa shape index (κ3) is 11.7. The molecule has 69 heavy (non-hydrogen) atoms. The molecule has 5 N–H and O–H groups in total. The number of hydrogen-bond donors (Lipinski definition) is 5. The van der Waals surface area contributed by atoms with Gasteiger partial charge in [0.1, 0.15) is 29.3 Å². The van der Waals surface area contributed by atoms with Crippen LogP contribution in [0.25, 0.3) is 0 Å². The summed E-state index contributed by atoms with van der Waals surface area (Å²) in [7, 11) is -3.91. The Bertz CT molecular complexity index is 2750.